The maximum Gasteiger partial charge on any atom is 0.240 e. The van der Waals surface area contributed by atoms with E-state index in [1.807, 2.05) is 12.3 Å². The molecule has 0 saturated carbocycles. The standard InChI is InChI=1S/C11H14N4O2S2/c1-7-15-8(6-18-7)5-14-9-3-2-4-10(11(9)12)19(13,16)17/h2-4,6,14H,5,12H2,1H3,(H2,13,16,17). The molecule has 1 aromatic heterocycles. The van der Waals surface area contributed by atoms with Crippen LogP contribution < -0.4 is 16.2 Å². The number of rotatable bonds is 4. The molecule has 5 N–H and O–H groups in total. The molecule has 102 valence electrons. The molecule has 19 heavy (non-hydrogen) atoms. The summed E-state index contributed by atoms with van der Waals surface area (Å²) in [4.78, 5) is 4.22. The van der Waals surface area contributed by atoms with Gasteiger partial charge in [0.05, 0.1) is 28.6 Å². The van der Waals surface area contributed by atoms with Crippen molar-refractivity contribution in [1.82, 2.24) is 4.98 Å². The minimum Gasteiger partial charge on any atom is -0.396 e. The van der Waals surface area contributed by atoms with Crippen LogP contribution >= 0.6 is 11.3 Å². The van der Waals surface area contributed by atoms with E-state index in [1.54, 1.807) is 23.5 Å². The van der Waals surface area contributed by atoms with E-state index >= 15 is 0 Å². The van der Waals surface area contributed by atoms with Crippen LogP contribution in [0.5, 0.6) is 0 Å². The smallest absolute Gasteiger partial charge is 0.240 e. The molecular formula is C11H14N4O2S2. The summed E-state index contributed by atoms with van der Waals surface area (Å²) >= 11 is 1.55. The molecule has 0 unspecified atom stereocenters. The Morgan fingerprint density at radius 1 is 1.42 bits per heavy atom. The lowest BCUT2D eigenvalue weighted by Crippen LogP contribution is -2.15. The molecule has 0 bridgehead atoms. The van der Waals surface area contributed by atoms with Crippen molar-refractivity contribution in [2.24, 2.45) is 5.14 Å². The molecule has 0 fully saturated rings. The number of nitrogen functional groups attached to an aromatic ring is 1. The van der Waals surface area contributed by atoms with Gasteiger partial charge in [-0.3, -0.25) is 0 Å². The number of benzene rings is 1. The Morgan fingerprint density at radius 2 is 2.16 bits per heavy atom. The van der Waals surface area contributed by atoms with Crippen molar-refractivity contribution in [2.75, 3.05) is 11.1 Å². The van der Waals surface area contributed by atoms with Crippen molar-refractivity contribution in [3.8, 4) is 0 Å². The monoisotopic (exact) mass is 298 g/mol. The topological polar surface area (TPSA) is 111 Å². The van der Waals surface area contributed by atoms with Crippen LogP contribution in [-0.4, -0.2) is 13.4 Å². The predicted molar refractivity (Wildman–Crippen MR) is 76.4 cm³/mol. The molecule has 0 saturated heterocycles. The lowest BCUT2D eigenvalue weighted by atomic mass is 10.2. The van der Waals surface area contributed by atoms with Gasteiger partial charge in [-0.05, 0) is 19.1 Å². The van der Waals surface area contributed by atoms with Crippen LogP contribution in [0.25, 0.3) is 0 Å². The van der Waals surface area contributed by atoms with Gasteiger partial charge in [0.15, 0.2) is 0 Å². The number of hydrogen-bond donors (Lipinski definition) is 3. The molecule has 0 aliphatic rings. The van der Waals surface area contributed by atoms with Crippen LogP contribution in [0.1, 0.15) is 10.7 Å². The highest BCUT2D eigenvalue weighted by atomic mass is 32.2. The summed E-state index contributed by atoms with van der Waals surface area (Å²) in [6, 6.07) is 4.66. The largest absolute Gasteiger partial charge is 0.396 e. The fourth-order valence-corrected chi connectivity index (χ4v) is 2.92. The summed E-state index contributed by atoms with van der Waals surface area (Å²) in [5.41, 5.74) is 7.32. The molecule has 2 aromatic rings. The molecule has 1 heterocycles. The van der Waals surface area contributed by atoms with E-state index < -0.39 is 10.0 Å². The van der Waals surface area contributed by atoms with Crippen LogP contribution in [0.4, 0.5) is 11.4 Å². The SMILES string of the molecule is Cc1nc(CNc2cccc(S(N)(=O)=O)c2N)cs1. The third-order valence-electron chi connectivity index (χ3n) is 2.50. The van der Waals surface area contributed by atoms with E-state index in [9.17, 15) is 8.42 Å². The molecule has 8 heteroatoms. The lowest BCUT2D eigenvalue weighted by Gasteiger charge is -2.10. The number of para-hydroxylation sites is 1. The molecule has 0 aliphatic heterocycles. The first-order valence-corrected chi connectivity index (χ1v) is 7.86. The zero-order chi connectivity index (χ0) is 14.0. The number of sulfonamides is 1. The van der Waals surface area contributed by atoms with E-state index in [0.29, 0.717) is 12.2 Å². The van der Waals surface area contributed by atoms with Crippen molar-refractivity contribution < 1.29 is 8.42 Å². The molecule has 2 rings (SSSR count). The zero-order valence-electron chi connectivity index (χ0n) is 10.3. The van der Waals surface area contributed by atoms with E-state index in [2.05, 4.69) is 10.3 Å². The number of nitrogens with one attached hydrogen (secondary N) is 1. The first-order chi connectivity index (χ1) is 8.88. The van der Waals surface area contributed by atoms with Crippen molar-refractivity contribution in [1.29, 1.82) is 0 Å². The summed E-state index contributed by atoms with van der Waals surface area (Å²) < 4.78 is 22.7. The minimum absolute atomic E-state index is 0.0769. The molecule has 6 nitrogen and oxygen atoms in total. The van der Waals surface area contributed by atoms with Gasteiger partial charge < -0.3 is 11.1 Å². The van der Waals surface area contributed by atoms with E-state index in [0.717, 1.165) is 10.7 Å². The Bertz CT molecular complexity index is 694. The maximum absolute atomic E-state index is 11.3. The minimum atomic E-state index is -3.81. The number of nitrogens with zero attached hydrogens (tertiary/aromatic N) is 1. The second kappa shape index (κ2) is 5.16. The van der Waals surface area contributed by atoms with Crippen molar-refractivity contribution >= 4 is 32.7 Å². The van der Waals surface area contributed by atoms with Gasteiger partial charge in [-0.25, -0.2) is 18.5 Å². The summed E-state index contributed by atoms with van der Waals surface area (Å²) in [5, 5.41) is 11.1. The van der Waals surface area contributed by atoms with Gasteiger partial charge in [0.1, 0.15) is 4.90 Å². The quantitative estimate of drug-likeness (QED) is 0.737. The van der Waals surface area contributed by atoms with Crippen molar-refractivity contribution in [3.05, 3.63) is 34.3 Å². The highest BCUT2D eigenvalue weighted by Crippen LogP contribution is 2.26. The Kier molecular flexibility index (Phi) is 3.74. The van der Waals surface area contributed by atoms with Crippen LogP contribution in [0.3, 0.4) is 0 Å². The van der Waals surface area contributed by atoms with Crippen LogP contribution in [0.2, 0.25) is 0 Å². The molecular weight excluding hydrogens is 284 g/mol. The second-order valence-electron chi connectivity index (χ2n) is 3.97. The number of thiazole rings is 1. The van der Waals surface area contributed by atoms with Crippen LogP contribution in [0, 0.1) is 6.92 Å². The highest BCUT2D eigenvalue weighted by molar-refractivity contribution is 7.89. The van der Waals surface area contributed by atoms with E-state index in [4.69, 9.17) is 10.9 Å². The summed E-state index contributed by atoms with van der Waals surface area (Å²) in [6.45, 7) is 2.40. The van der Waals surface area contributed by atoms with Gasteiger partial charge in [-0.1, -0.05) is 6.07 Å². The summed E-state index contributed by atoms with van der Waals surface area (Å²) in [6.07, 6.45) is 0. The molecule has 1 aromatic carbocycles. The zero-order valence-corrected chi connectivity index (χ0v) is 11.9. The Morgan fingerprint density at radius 3 is 2.74 bits per heavy atom. The van der Waals surface area contributed by atoms with Gasteiger partial charge in [-0.15, -0.1) is 11.3 Å². The van der Waals surface area contributed by atoms with Gasteiger partial charge in [0, 0.05) is 5.38 Å². The maximum atomic E-state index is 11.3. The average molecular weight is 298 g/mol. The Balaban J connectivity index is 2.22. The van der Waals surface area contributed by atoms with Crippen molar-refractivity contribution in [2.45, 2.75) is 18.4 Å². The summed E-state index contributed by atoms with van der Waals surface area (Å²) in [5.74, 6) is 0. The van der Waals surface area contributed by atoms with E-state index in [-0.39, 0.29) is 10.6 Å². The second-order valence-corrected chi connectivity index (χ2v) is 6.57. The van der Waals surface area contributed by atoms with Gasteiger partial charge >= 0.3 is 0 Å². The number of hydrogen-bond acceptors (Lipinski definition) is 6. The number of nitrogens with two attached hydrogens (primary N) is 2. The molecule has 0 aliphatic carbocycles. The number of aryl methyl sites for hydroxylation is 1. The van der Waals surface area contributed by atoms with Gasteiger partial charge in [0.25, 0.3) is 0 Å². The normalized spacial score (nSPS) is 11.5. The predicted octanol–water partition coefficient (Wildman–Crippen LogP) is 1.29. The third kappa shape index (κ3) is 3.22. The Labute approximate surface area is 115 Å². The Hall–Kier alpha value is -1.64. The highest BCUT2D eigenvalue weighted by Gasteiger charge is 2.14. The number of aromatic nitrogens is 1. The van der Waals surface area contributed by atoms with Crippen LogP contribution in [0.15, 0.2) is 28.5 Å². The number of primary sulfonamides is 1. The first kappa shape index (κ1) is 13.8. The van der Waals surface area contributed by atoms with Crippen LogP contribution in [-0.2, 0) is 16.6 Å². The first-order valence-electron chi connectivity index (χ1n) is 5.44. The third-order valence-corrected chi connectivity index (χ3v) is 4.29. The fourth-order valence-electron chi connectivity index (χ4n) is 1.62. The molecule has 0 spiro atoms. The molecule has 0 atom stereocenters. The lowest BCUT2D eigenvalue weighted by molar-refractivity contribution is 0.598. The van der Waals surface area contributed by atoms with Gasteiger partial charge in [-0.2, -0.15) is 0 Å². The number of anilines is 2. The molecule has 0 radical (unpaired) electrons. The fraction of sp³-hybridized carbons (Fsp3) is 0.182. The van der Waals surface area contributed by atoms with E-state index in [1.165, 1.54) is 6.07 Å². The average Bonchev–Trinajstić information content (AvgIpc) is 2.72. The van der Waals surface area contributed by atoms with Gasteiger partial charge in [0.2, 0.25) is 10.0 Å². The molecule has 0 amide bonds. The summed E-state index contributed by atoms with van der Waals surface area (Å²) in [7, 11) is -3.81. The van der Waals surface area contributed by atoms with Crippen molar-refractivity contribution in [3.63, 3.8) is 0 Å².